The maximum absolute atomic E-state index is 13.4. The Bertz CT molecular complexity index is 1210. The topological polar surface area (TPSA) is 50.9 Å². The van der Waals surface area contributed by atoms with Gasteiger partial charge in [-0.25, -0.2) is 4.98 Å². The van der Waals surface area contributed by atoms with Crippen LogP contribution in [0.15, 0.2) is 60.9 Å². The Morgan fingerprint density at radius 1 is 0.969 bits per heavy atom. The predicted octanol–water partition coefficient (Wildman–Crippen LogP) is 5.80. The van der Waals surface area contributed by atoms with E-state index in [1.54, 1.807) is 12.4 Å². The Morgan fingerprint density at radius 3 is 2.41 bits per heavy atom. The highest BCUT2D eigenvalue weighted by Crippen LogP contribution is 2.38. The summed E-state index contributed by atoms with van der Waals surface area (Å²) in [7, 11) is 0. The number of pyridine rings is 1. The van der Waals surface area contributed by atoms with Crippen molar-refractivity contribution in [3.63, 3.8) is 0 Å². The molecule has 0 aliphatic rings. The maximum atomic E-state index is 13.4. The summed E-state index contributed by atoms with van der Waals surface area (Å²) in [5.74, 6) is 0.661. The number of aryl methyl sites for hydroxylation is 2. The van der Waals surface area contributed by atoms with Gasteiger partial charge in [0.1, 0.15) is 5.82 Å². The van der Waals surface area contributed by atoms with Crippen molar-refractivity contribution < 1.29 is 18.3 Å². The minimum atomic E-state index is -4.55. The van der Waals surface area contributed by atoms with Crippen molar-refractivity contribution in [1.82, 2.24) is 14.5 Å². The summed E-state index contributed by atoms with van der Waals surface area (Å²) < 4.78 is 42.0. The first kappa shape index (κ1) is 22.3. The number of aromatic nitrogens is 3. The summed E-state index contributed by atoms with van der Waals surface area (Å²) >= 11 is 6.01. The molecule has 32 heavy (non-hydrogen) atoms. The molecule has 4 rings (SSSR count). The second-order valence-corrected chi connectivity index (χ2v) is 7.94. The Balaban J connectivity index is 1.74. The van der Waals surface area contributed by atoms with Crippen molar-refractivity contribution in [3.8, 4) is 5.69 Å². The Labute approximate surface area is 188 Å². The summed E-state index contributed by atoms with van der Waals surface area (Å²) in [5.41, 5.74) is 2.71. The fourth-order valence-corrected chi connectivity index (χ4v) is 4.02. The summed E-state index contributed by atoms with van der Waals surface area (Å²) in [6.45, 7) is 0.0444. The van der Waals surface area contributed by atoms with Crippen LogP contribution in [0.1, 0.15) is 28.9 Å². The average Bonchev–Trinajstić information content (AvgIpc) is 3.11. The zero-order valence-electron chi connectivity index (χ0n) is 17.1. The number of aliphatic hydroxyl groups excluding tert-OH is 1. The highest BCUT2D eigenvalue weighted by Gasteiger charge is 2.34. The van der Waals surface area contributed by atoms with Crippen LogP contribution in [0.5, 0.6) is 0 Å². The SMILES string of the molecule is OCCc1ccc(-n2c(CCCc3cccnc3)nc3cc(C(F)(F)F)c(Cl)cc32)cc1. The van der Waals surface area contributed by atoms with Crippen LogP contribution >= 0.6 is 11.6 Å². The predicted molar refractivity (Wildman–Crippen MR) is 118 cm³/mol. The minimum absolute atomic E-state index is 0.0444. The summed E-state index contributed by atoms with van der Waals surface area (Å²) in [4.78, 5) is 8.66. The molecule has 0 amide bonds. The minimum Gasteiger partial charge on any atom is -0.396 e. The fourth-order valence-electron chi connectivity index (χ4n) is 3.76. The molecular weight excluding hydrogens is 439 g/mol. The molecule has 2 heterocycles. The van der Waals surface area contributed by atoms with E-state index in [-0.39, 0.29) is 17.1 Å². The van der Waals surface area contributed by atoms with Gasteiger partial charge < -0.3 is 5.11 Å². The molecule has 0 aliphatic carbocycles. The molecule has 0 bridgehead atoms. The van der Waals surface area contributed by atoms with Crippen molar-refractivity contribution >= 4 is 22.6 Å². The van der Waals surface area contributed by atoms with Gasteiger partial charge in [0.15, 0.2) is 0 Å². The average molecular weight is 460 g/mol. The van der Waals surface area contributed by atoms with Gasteiger partial charge in [0.25, 0.3) is 0 Å². The Kier molecular flexibility index (Phi) is 6.48. The fraction of sp³-hybridized carbons (Fsp3) is 0.250. The first-order valence-corrected chi connectivity index (χ1v) is 10.6. The number of hydrogen-bond acceptors (Lipinski definition) is 3. The van der Waals surface area contributed by atoms with Crippen LogP contribution in [-0.4, -0.2) is 26.2 Å². The molecule has 0 saturated carbocycles. The van der Waals surface area contributed by atoms with E-state index in [1.165, 1.54) is 6.07 Å². The van der Waals surface area contributed by atoms with Crippen LogP contribution in [0.3, 0.4) is 0 Å². The highest BCUT2D eigenvalue weighted by atomic mass is 35.5. The number of halogens is 4. The zero-order valence-corrected chi connectivity index (χ0v) is 17.9. The smallest absolute Gasteiger partial charge is 0.396 e. The van der Waals surface area contributed by atoms with E-state index in [4.69, 9.17) is 16.7 Å². The lowest BCUT2D eigenvalue weighted by Gasteiger charge is -2.12. The lowest BCUT2D eigenvalue weighted by molar-refractivity contribution is -0.137. The molecule has 4 aromatic rings. The number of benzene rings is 2. The van der Waals surface area contributed by atoms with Gasteiger partial charge >= 0.3 is 6.18 Å². The summed E-state index contributed by atoms with van der Waals surface area (Å²) in [6, 6.07) is 13.7. The molecule has 8 heteroatoms. The summed E-state index contributed by atoms with van der Waals surface area (Å²) in [6.07, 6.45) is 1.61. The molecule has 1 N–H and O–H groups in total. The van der Waals surface area contributed by atoms with Crippen molar-refractivity contribution in [2.24, 2.45) is 0 Å². The largest absolute Gasteiger partial charge is 0.417 e. The van der Waals surface area contributed by atoms with Crippen molar-refractivity contribution in [2.75, 3.05) is 6.61 Å². The molecule has 0 fully saturated rings. The van der Waals surface area contributed by atoms with Gasteiger partial charge in [-0.2, -0.15) is 13.2 Å². The van der Waals surface area contributed by atoms with Gasteiger partial charge in [-0.3, -0.25) is 9.55 Å². The van der Waals surface area contributed by atoms with Crippen molar-refractivity contribution in [1.29, 1.82) is 0 Å². The maximum Gasteiger partial charge on any atom is 0.417 e. The third-order valence-corrected chi connectivity index (χ3v) is 5.61. The Morgan fingerprint density at radius 2 is 1.75 bits per heavy atom. The molecule has 166 valence electrons. The second-order valence-electron chi connectivity index (χ2n) is 7.54. The summed E-state index contributed by atoms with van der Waals surface area (Å²) in [5, 5.41) is 8.79. The lowest BCUT2D eigenvalue weighted by atomic mass is 10.1. The van der Waals surface area contributed by atoms with Crippen LogP contribution in [0.25, 0.3) is 16.7 Å². The monoisotopic (exact) mass is 459 g/mol. The van der Waals surface area contributed by atoms with Crippen LogP contribution in [0.2, 0.25) is 5.02 Å². The molecule has 2 aromatic heterocycles. The highest BCUT2D eigenvalue weighted by molar-refractivity contribution is 6.32. The zero-order chi connectivity index (χ0) is 22.7. The van der Waals surface area contributed by atoms with E-state index in [1.807, 2.05) is 41.0 Å². The normalized spacial score (nSPS) is 11.9. The van der Waals surface area contributed by atoms with Crippen LogP contribution in [0, 0.1) is 0 Å². The number of rotatable bonds is 7. The van der Waals surface area contributed by atoms with Gasteiger partial charge in [-0.05, 0) is 60.7 Å². The van der Waals surface area contributed by atoms with E-state index in [0.717, 1.165) is 35.7 Å². The van der Waals surface area contributed by atoms with Gasteiger partial charge in [-0.15, -0.1) is 0 Å². The molecule has 0 aliphatic heterocycles. The van der Waals surface area contributed by atoms with E-state index in [2.05, 4.69) is 9.97 Å². The number of nitrogens with zero attached hydrogens (tertiary/aromatic N) is 3. The number of imidazole rings is 1. The molecule has 0 spiro atoms. The number of alkyl halides is 3. The molecule has 2 aromatic carbocycles. The first-order chi connectivity index (χ1) is 15.4. The van der Waals surface area contributed by atoms with Gasteiger partial charge in [0, 0.05) is 31.1 Å². The van der Waals surface area contributed by atoms with E-state index < -0.39 is 11.7 Å². The molecule has 0 radical (unpaired) electrons. The molecule has 0 atom stereocenters. The number of fused-ring (bicyclic) bond motifs is 1. The van der Waals surface area contributed by atoms with Crippen LogP contribution in [0.4, 0.5) is 13.2 Å². The molecule has 0 saturated heterocycles. The third kappa shape index (κ3) is 4.79. The molecule has 4 nitrogen and oxygen atoms in total. The first-order valence-electron chi connectivity index (χ1n) is 10.2. The number of hydrogen-bond donors (Lipinski definition) is 1. The van der Waals surface area contributed by atoms with E-state index in [0.29, 0.717) is 24.2 Å². The Hall–Kier alpha value is -2.90. The molecule has 0 unspecified atom stereocenters. The number of aliphatic hydroxyl groups is 1. The quantitative estimate of drug-likeness (QED) is 0.380. The van der Waals surface area contributed by atoms with Gasteiger partial charge in [0.05, 0.1) is 21.6 Å². The van der Waals surface area contributed by atoms with Gasteiger partial charge in [-0.1, -0.05) is 29.8 Å². The van der Waals surface area contributed by atoms with Gasteiger partial charge in [0.2, 0.25) is 0 Å². The van der Waals surface area contributed by atoms with Crippen LogP contribution in [-0.2, 0) is 25.4 Å². The standard InChI is InChI=1S/C24H21ClF3N3O/c25-20-14-22-21(13-19(20)24(26,27)28)30-23(5-1-3-17-4-2-11-29-15-17)31(22)18-8-6-16(7-9-18)10-12-32/h2,4,6-9,11,13-15,32H,1,3,5,10,12H2. The van der Waals surface area contributed by atoms with Crippen molar-refractivity contribution in [3.05, 3.63) is 88.5 Å². The van der Waals surface area contributed by atoms with E-state index in [9.17, 15) is 13.2 Å². The second kappa shape index (κ2) is 9.30. The lowest BCUT2D eigenvalue weighted by Crippen LogP contribution is -2.06. The van der Waals surface area contributed by atoms with Crippen LogP contribution < -0.4 is 0 Å². The van der Waals surface area contributed by atoms with E-state index >= 15 is 0 Å². The van der Waals surface area contributed by atoms with Crippen molar-refractivity contribution in [2.45, 2.75) is 31.9 Å². The third-order valence-electron chi connectivity index (χ3n) is 5.30. The molecular formula is C24H21ClF3N3O.